The van der Waals surface area contributed by atoms with E-state index in [1.807, 2.05) is 38.4 Å². The fraction of sp³-hybridized carbons (Fsp3) is 0.619. The standard InChI is InChI=1S/C21H31N3O3S/c1-15(2)27-13-6-10-24-20(25)18(17-7-5-14-28-17)19(21(24)26)23(4)16-8-11-22(3)12-9-16/h5,7,14-16H,6,8-13H2,1-4H3. The zero-order valence-corrected chi connectivity index (χ0v) is 18.1. The predicted octanol–water partition coefficient (Wildman–Crippen LogP) is 2.67. The number of nitrogens with zero attached hydrogens (tertiary/aromatic N) is 3. The molecule has 2 aliphatic rings. The van der Waals surface area contributed by atoms with Crippen LogP contribution in [0.1, 0.15) is 38.0 Å². The highest BCUT2D eigenvalue weighted by atomic mass is 32.1. The van der Waals surface area contributed by atoms with E-state index in [-0.39, 0.29) is 24.0 Å². The molecule has 0 aromatic carbocycles. The van der Waals surface area contributed by atoms with Crippen molar-refractivity contribution in [2.75, 3.05) is 40.3 Å². The Morgan fingerprint density at radius 1 is 1.25 bits per heavy atom. The van der Waals surface area contributed by atoms with E-state index in [2.05, 4.69) is 16.8 Å². The van der Waals surface area contributed by atoms with E-state index < -0.39 is 0 Å². The Morgan fingerprint density at radius 3 is 2.57 bits per heavy atom. The van der Waals surface area contributed by atoms with E-state index in [1.165, 1.54) is 16.2 Å². The van der Waals surface area contributed by atoms with E-state index in [0.29, 0.717) is 30.8 Å². The quantitative estimate of drug-likeness (QED) is 0.492. The van der Waals surface area contributed by atoms with Crippen LogP contribution in [-0.2, 0) is 14.3 Å². The SMILES string of the molecule is CC(C)OCCCN1C(=O)C(c2cccs2)=C(N(C)C2CCN(C)CC2)C1=O. The van der Waals surface area contributed by atoms with Crippen LogP contribution in [0.5, 0.6) is 0 Å². The molecule has 0 bridgehead atoms. The van der Waals surface area contributed by atoms with Gasteiger partial charge in [-0.15, -0.1) is 11.3 Å². The maximum atomic E-state index is 13.3. The summed E-state index contributed by atoms with van der Waals surface area (Å²) in [4.78, 5) is 33.1. The van der Waals surface area contributed by atoms with E-state index >= 15 is 0 Å². The lowest BCUT2D eigenvalue weighted by molar-refractivity contribution is -0.137. The molecule has 0 N–H and O–H groups in total. The molecule has 1 fully saturated rings. The largest absolute Gasteiger partial charge is 0.379 e. The third-order valence-corrected chi connectivity index (χ3v) is 6.36. The summed E-state index contributed by atoms with van der Waals surface area (Å²) in [6, 6.07) is 4.14. The van der Waals surface area contributed by atoms with Crippen molar-refractivity contribution < 1.29 is 14.3 Å². The van der Waals surface area contributed by atoms with Crippen molar-refractivity contribution in [3.8, 4) is 0 Å². The van der Waals surface area contributed by atoms with Crippen LogP contribution in [0.15, 0.2) is 23.2 Å². The topological polar surface area (TPSA) is 53.1 Å². The molecule has 28 heavy (non-hydrogen) atoms. The highest BCUT2D eigenvalue weighted by Gasteiger charge is 2.42. The van der Waals surface area contributed by atoms with Crippen molar-refractivity contribution in [2.24, 2.45) is 0 Å². The minimum absolute atomic E-state index is 0.149. The molecule has 0 atom stereocenters. The Bertz CT molecular complexity index is 721. The summed E-state index contributed by atoms with van der Waals surface area (Å²) in [7, 11) is 4.09. The van der Waals surface area contributed by atoms with Gasteiger partial charge in [0.25, 0.3) is 11.8 Å². The molecular formula is C21H31N3O3S. The Hall–Kier alpha value is -1.70. The number of amides is 2. The molecule has 0 aliphatic carbocycles. The van der Waals surface area contributed by atoms with Crippen LogP contribution < -0.4 is 0 Å². The molecule has 0 radical (unpaired) electrons. The van der Waals surface area contributed by atoms with Crippen molar-refractivity contribution in [3.05, 3.63) is 28.1 Å². The van der Waals surface area contributed by atoms with E-state index in [0.717, 1.165) is 30.8 Å². The van der Waals surface area contributed by atoms with Crippen LogP contribution in [0.3, 0.4) is 0 Å². The summed E-state index contributed by atoms with van der Waals surface area (Å²) < 4.78 is 5.57. The van der Waals surface area contributed by atoms with Gasteiger partial charge in [0.05, 0.1) is 11.7 Å². The molecule has 1 aromatic rings. The van der Waals surface area contributed by atoms with Gasteiger partial charge in [0.15, 0.2) is 0 Å². The predicted molar refractivity (Wildman–Crippen MR) is 112 cm³/mol. The first-order chi connectivity index (χ1) is 13.4. The van der Waals surface area contributed by atoms with Crippen molar-refractivity contribution >= 4 is 28.7 Å². The lowest BCUT2D eigenvalue weighted by Gasteiger charge is -2.36. The van der Waals surface area contributed by atoms with Gasteiger partial charge in [-0.3, -0.25) is 14.5 Å². The molecule has 3 rings (SSSR count). The second-order valence-corrected chi connectivity index (χ2v) is 8.83. The summed E-state index contributed by atoms with van der Waals surface area (Å²) in [5.41, 5.74) is 1.12. The van der Waals surface area contributed by atoms with Gasteiger partial charge < -0.3 is 14.5 Å². The fourth-order valence-electron chi connectivity index (χ4n) is 3.84. The van der Waals surface area contributed by atoms with Crippen molar-refractivity contribution in [1.29, 1.82) is 0 Å². The average molecular weight is 406 g/mol. The monoisotopic (exact) mass is 405 g/mol. The zero-order valence-electron chi connectivity index (χ0n) is 17.3. The van der Waals surface area contributed by atoms with Crippen molar-refractivity contribution in [3.63, 3.8) is 0 Å². The number of rotatable bonds is 8. The number of likely N-dealkylation sites (tertiary alicyclic amines) is 1. The number of carbonyl (C=O) groups is 2. The number of thiophene rings is 1. The smallest absolute Gasteiger partial charge is 0.277 e. The number of ether oxygens (including phenoxy) is 1. The Morgan fingerprint density at radius 2 is 1.96 bits per heavy atom. The zero-order chi connectivity index (χ0) is 20.3. The number of hydrogen-bond acceptors (Lipinski definition) is 6. The molecule has 0 unspecified atom stereocenters. The minimum atomic E-state index is -0.174. The third kappa shape index (κ3) is 4.47. The highest BCUT2D eigenvalue weighted by Crippen LogP contribution is 2.35. The molecule has 2 aliphatic heterocycles. The molecule has 0 spiro atoms. The number of imide groups is 1. The average Bonchev–Trinajstić information content (AvgIpc) is 3.26. The molecule has 2 amide bonds. The summed E-state index contributed by atoms with van der Waals surface area (Å²) >= 11 is 1.51. The molecule has 7 heteroatoms. The van der Waals surface area contributed by atoms with Crippen LogP contribution in [0.25, 0.3) is 5.57 Å². The second kappa shape index (κ2) is 9.20. The van der Waals surface area contributed by atoms with Crippen molar-refractivity contribution in [1.82, 2.24) is 14.7 Å². The number of carbonyl (C=O) groups excluding carboxylic acids is 2. The summed E-state index contributed by atoms with van der Waals surface area (Å²) in [5, 5.41) is 1.95. The first-order valence-corrected chi connectivity index (χ1v) is 11.0. The van der Waals surface area contributed by atoms with Crippen LogP contribution >= 0.6 is 11.3 Å². The summed E-state index contributed by atoms with van der Waals surface area (Å²) in [5.74, 6) is -0.342. The van der Waals surface area contributed by atoms with E-state index in [4.69, 9.17) is 4.74 Å². The summed E-state index contributed by atoms with van der Waals surface area (Å²) in [6.45, 7) is 6.92. The van der Waals surface area contributed by atoms with Gasteiger partial charge in [-0.25, -0.2) is 0 Å². The normalized spacial score (nSPS) is 19.4. The Balaban J connectivity index is 1.81. The number of piperidine rings is 1. The first kappa shape index (κ1) is 21.0. The fourth-order valence-corrected chi connectivity index (χ4v) is 4.61. The van der Waals surface area contributed by atoms with Gasteiger partial charge in [-0.05, 0) is 64.7 Å². The van der Waals surface area contributed by atoms with Crippen LogP contribution in [0.4, 0.5) is 0 Å². The lowest BCUT2D eigenvalue weighted by Crippen LogP contribution is -2.43. The maximum Gasteiger partial charge on any atom is 0.277 e. The molecule has 1 aromatic heterocycles. The number of likely N-dealkylation sites (N-methyl/N-ethyl adjacent to an activating group) is 1. The molecule has 0 saturated carbocycles. The number of hydrogen-bond donors (Lipinski definition) is 0. The first-order valence-electron chi connectivity index (χ1n) is 10.1. The van der Waals surface area contributed by atoms with Gasteiger partial charge in [0.1, 0.15) is 5.70 Å². The molecule has 154 valence electrons. The Kier molecular flexibility index (Phi) is 6.91. The van der Waals surface area contributed by atoms with Gasteiger partial charge in [0, 0.05) is 31.1 Å². The molecule has 3 heterocycles. The van der Waals surface area contributed by atoms with Crippen molar-refractivity contribution in [2.45, 2.75) is 45.3 Å². The minimum Gasteiger partial charge on any atom is -0.379 e. The van der Waals surface area contributed by atoms with Gasteiger partial charge in [-0.1, -0.05) is 6.07 Å². The van der Waals surface area contributed by atoms with Gasteiger partial charge in [-0.2, -0.15) is 0 Å². The molecular weight excluding hydrogens is 374 g/mol. The molecule has 1 saturated heterocycles. The van der Waals surface area contributed by atoms with E-state index in [1.54, 1.807) is 0 Å². The maximum absolute atomic E-state index is 13.3. The van der Waals surface area contributed by atoms with Crippen LogP contribution in [0.2, 0.25) is 0 Å². The van der Waals surface area contributed by atoms with Gasteiger partial charge >= 0.3 is 0 Å². The molecule has 6 nitrogen and oxygen atoms in total. The van der Waals surface area contributed by atoms with E-state index in [9.17, 15) is 9.59 Å². The second-order valence-electron chi connectivity index (χ2n) is 7.88. The van der Waals surface area contributed by atoms with Crippen LogP contribution in [0, 0.1) is 0 Å². The van der Waals surface area contributed by atoms with Crippen LogP contribution in [-0.4, -0.2) is 79.0 Å². The third-order valence-electron chi connectivity index (χ3n) is 5.48. The van der Waals surface area contributed by atoms with Gasteiger partial charge in [0.2, 0.25) is 0 Å². The summed E-state index contributed by atoms with van der Waals surface area (Å²) in [6.07, 6.45) is 2.80. The lowest BCUT2D eigenvalue weighted by atomic mass is 10.0. The Labute approximate surface area is 171 Å². The highest BCUT2D eigenvalue weighted by molar-refractivity contribution is 7.11.